The number of nitrogens with zero attached hydrogens (tertiary/aromatic N) is 3. The van der Waals surface area contributed by atoms with Crippen LogP contribution in [0.3, 0.4) is 0 Å². The number of benzene rings is 2. The number of amides is 1. The molecule has 2 aromatic carbocycles. The molecule has 8 nitrogen and oxygen atoms in total. The second kappa shape index (κ2) is 15.1. The lowest BCUT2D eigenvalue weighted by atomic mass is 9.74. The number of halogens is 3. The van der Waals surface area contributed by atoms with E-state index in [4.69, 9.17) is 9.47 Å². The van der Waals surface area contributed by atoms with E-state index in [1.54, 1.807) is 20.3 Å². The summed E-state index contributed by atoms with van der Waals surface area (Å²) in [6.45, 7) is 4.98. The standard InChI is InChI=1S/C39H52F3N3O5/c1-38(25-44(30-8-6-4-5-7-9-30)23-34(38)26-10-13-32(50-3)14-11-26)37(48)45-22-28(20-31(45)24-49-2)33-15-12-29(39(40,41)42)21-35(33)43-18-16-27(17-19-43)36(46)47/h10-15,21,27-28,30-31,34H,4-9,16-20,22-25H2,1-3H3,(H,46,47)/t28-,31+,34+,38-/m1/s1. The molecule has 1 aliphatic carbocycles. The molecular weight excluding hydrogens is 647 g/mol. The van der Waals surface area contributed by atoms with Gasteiger partial charge in [0.2, 0.25) is 5.91 Å². The van der Waals surface area contributed by atoms with Crippen LogP contribution in [0, 0.1) is 11.3 Å². The highest BCUT2D eigenvalue weighted by atomic mass is 19.4. The minimum Gasteiger partial charge on any atom is -0.497 e. The maximum atomic E-state index is 15.1. The van der Waals surface area contributed by atoms with Gasteiger partial charge in [0.25, 0.3) is 0 Å². The maximum absolute atomic E-state index is 15.1. The molecule has 1 saturated carbocycles. The van der Waals surface area contributed by atoms with Crippen LogP contribution in [-0.4, -0.2) is 92.4 Å². The summed E-state index contributed by atoms with van der Waals surface area (Å²) in [5.74, 6) is -0.779. The van der Waals surface area contributed by atoms with Crippen LogP contribution in [0.25, 0.3) is 0 Å². The zero-order valence-corrected chi connectivity index (χ0v) is 29.6. The number of likely N-dealkylation sites (tertiary alicyclic amines) is 2. The van der Waals surface area contributed by atoms with Crippen molar-refractivity contribution in [1.29, 1.82) is 0 Å². The Hall–Kier alpha value is -3.31. The van der Waals surface area contributed by atoms with Crippen LogP contribution in [0.1, 0.15) is 93.2 Å². The molecule has 4 atom stereocenters. The average molecular weight is 700 g/mol. The van der Waals surface area contributed by atoms with E-state index in [1.807, 2.05) is 21.9 Å². The number of piperidine rings is 1. The van der Waals surface area contributed by atoms with Crippen LogP contribution in [0.2, 0.25) is 0 Å². The van der Waals surface area contributed by atoms with Gasteiger partial charge < -0.3 is 24.4 Å². The lowest BCUT2D eigenvalue weighted by Gasteiger charge is -2.37. The summed E-state index contributed by atoms with van der Waals surface area (Å²) in [5.41, 5.74) is 0.916. The fourth-order valence-electron chi connectivity index (χ4n) is 9.24. The Morgan fingerprint density at radius 3 is 2.22 bits per heavy atom. The summed E-state index contributed by atoms with van der Waals surface area (Å²) < 4.78 is 53.1. The molecule has 3 saturated heterocycles. The van der Waals surface area contributed by atoms with E-state index in [-0.39, 0.29) is 23.8 Å². The molecule has 3 aliphatic heterocycles. The molecule has 274 valence electrons. The van der Waals surface area contributed by atoms with Crippen molar-refractivity contribution in [1.82, 2.24) is 9.80 Å². The Bertz CT molecular complexity index is 1490. The summed E-state index contributed by atoms with van der Waals surface area (Å²) in [5, 5.41) is 9.54. The van der Waals surface area contributed by atoms with Crippen molar-refractivity contribution in [2.24, 2.45) is 11.3 Å². The van der Waals surface area contributed by atoms with Crippen molar-refractivity contribution < 1.29 is 37.3 Å². The Labute approximate surface area is 293 Å². The first-order valence-electron chi connectivity index (χ1n) is 18.3. The highest BCUT2D eigenvalue weighted by Crippen LogP contribution is 2.49. The quantitative estimate of drug-likeness (QED) is 0.278. The molecule has 50 heavy (non-hydrogen) atoms. The van der Waals surface area contributed by atoms with Crippen LogP contribution in [0.15, 0.2) is 42.5 Å². The van der Waals surface area contributed by atoms with Crippen molar-refractivity contribution in [2.45, 2.75) is 94.8 Å². The number of carboxylic acids is 1. The molecule has 11 heteroatoms. The van der Waals surface area contributed by atoms with Gasteiger partial charge in [-0.1, -0.05) is 43.9 Å². The molecule has 0 spiro atoms. The van der Waals surface area contributed by atoms with Gasteiger partial charge in [0.1, 0.15) is 5.75 Å². The Kier molecular flexibility index (Phi) is 11.0. The van der Waals surface area contributed by atoms with Crippen LogP contribution in [0.5, 0.6) is 5.75 Å². The largest absolute Gasteiger partial charge is 0.497 e. The second-order valence-corrected chi connectivity index (χ2v) is 15.2. The van der Waals surface area contributed by atoms with Crippen LogP contribution in [0.4, 0.5) is 18.9 Å². The van der Waals surface area contributed by atoms with Crippen molar-refractivity contribution >= 4 is 17.6 Å². The predicted molar refractivity (Wildman–Crippen MR) is 186 cm³/mol. The van der Waals surface area contributed by atoms with Crippen molar-refractivity contribution in [2.75, 3.05) is 58.5 Å². The van der Waals surface area contributed by atoms with E-state index >= 15 is 4.79 Å². The van der Waals surface area contributed by atoms with Gasteiger partial charge in [0.15, 0.2) is 0 Å². The van der Waals surface area contributed by atoms with Gasteiger partial charge >= 0.3 is 12.1 Å². The molecule has 0 bridgehead atoms. The smallest absolute Gasteiger partial charge is 0.416 e. The fraction of sp³-hybridized carbons (Fsp3) is 0.641. The fourth-order valence-corrected chi connectivity index (χ4v) is 9.24. The number of ether oxygens (including phenoxy) is 2. The zero-order valence-electron chi connectivity index (χ0n) is 29.6. The van der Waals surface area contributed by atoms with Crippen molar-refractivity contribution in [3.05, 3.63) is 59.2 Å². The second-order valence-electron chi connectivity index (χ2n) is 15.2. The molecule has 3 heterocycles. The van der Waals surface area contributed by atoms with E-state index in [2.05, 4.69) is 24.0 Å². The first-order valence-corrected chi connectivity index (χ1v) is 18.3. The number of hydrogen-bond donors (Lipinski definition) is 1. The van der Waals surface area contributed by atoms with Gasteiger partial charge in [-0.25, -0.2) is 0 Å². The third-order valence-corrected chi connectivity index (χ3v) is 12.1. The van der Waals surface area contributed by atoms with Crippen LogP contribution >= 0.6 is 0 Å². The molecule has 4 fully saturated rings. The molecule has 0 unspecified atom stereocenters. The molecular formula is C39H52F3N3O5. The van der Waals surface area contributed by atoms with Crippen LogP contribution in [-0.2, 0) is 20.5 Å². The third-order valence-electron chi connectivity index (χ3n) is 12.1. The van der Waals surface area contributed by atoms with Crippen molar-refractivity contribution in [3.63, 3.8) is 0 Å². The van der Waals surface area contributed by atoms with Gasteiger partial charge in [-0.15, -0.1) is 0 Å². The van der Waals surface area contributed by atoms with Gasteiger partial charge in [-0.2, -0.15) is 13.2 Å². The van der Waals surface area contributed by atoms with Gasteiger partial charge in [0, 0.05) is 63.4 Å². The van der Waals surface area contributed by atoms with E-state index in [0.29, 0.717) is 63.8 Å². The van der Waals surface area contributed by atoms with Crippen LogP contribution < -0.4 is 9.64 Å². The molecule has 2 aromatic rings. The lowest BCUT2D eigenvalue weighted by Crippen LogP contribution is -2.49. The number of anilines is 1. The maximum Gasteiger partial charge on any atom is 0.416 e. The topological polar surface area (TPSA) is 82.5 Å². The summed E-state index contributed by atoms with van der Waals surface area (Å²) in [6, 6.07) is 12.2. The zero-order chi connectivity index (χ0) is 35.6. The molecule has 4 aliphatic rings. The minimum atomic E-state index is -4.51. The Morgan fingerprint density at radius 2 is 1.62 bits per heavy atom. The number of rotatable bonds is 9. The van der Waals surface area contributed by atoms with E-state index in [9.17, 15) is 23.1 Å². The SMILES string of the molecule is COC[C@@H]1C[C@@H](c2ccc(C(F)(F)F)cc2N2CCC(C(=O)O)CC2)CN1C(=O)[C@]1(C)CN(C2CCCCCC2)C[C@H]1c1ccc(OC)cc1. The highest BCUT2D eigenvalue weighted by Gasteiger charge is 2.54. The predicted octanol–water partition coefficient (Wildman–Crippen LogP) is 7.17. The first-order chi connectivity index (χ1) is 23.9. The number of hydrogen-bond acceptors (Lipinski definition) is 6. The molecule has 6 rings (SSSR count). The van der Waals surface area contributed by atoms with Crippen molar-refractivity contribution in [3.8, 4) is 5.75 Å². The lowest BCUT2D eigenvalue weighted by molar-refractivity contribution is -0.143. The molecule has 1 N–H and O–H groups in total. The molecule has 0 aromatic heterocycles. The normalized spacial score (nSPS) is 27.4. The molecule has 1 amide bonds. The van der Waals surface area contributed by atoms with E-state index in [0.717, 1.165) is 42.3 Å². The number of aliphatic carboxylic acids is 1. The Morgan fingerprint density at radius 1 is 0.940 bits per heavy atom. The molecule has 0 radical (unpaired) electrons. The minimum absolute atomic E-state index is 0.0384. The average Bonchev–Trinajstić information content (AvgIpc) is 3.57. The number of alkyl halides is 3. The first kappa shape index (κ1) is 36.5. The highest BCUT2D eigenvalue weighted by molar-refractivity contribution is 5.85. The van der Waals surface area contributed by atoms with E-state index < -0.39 is 29.0 Å². The number of methoxy groups -OCH3 is 2. The number of carboxylic acid groups (broad SMARTS) is 1. The summed E-state index contributed by atoms with van der Waals surface area (Å²) in [6.07, 6.45) is 3.97. The summed E-state index contributed by atoms with van der Waals surface area (Å²) >= 11 is 0. The Balaban J connectivity index is 1.32. The monoisotopic (exact) mass is 699 g/mol. The van der Waals surface area contributed by atoms with Gasteiger partial charge in [-0.3, -0.25) is 14.5 Å². The summed E-state index contributed by atoms with van der Waals surface area (Å²) in [7, 11) is 3.27. The number of carbonyl (C=O) groups is 2. The summed E-state index contributed by atoms with van der Waals surface area (Å²) in [4.78, 5) is 33.2. The number of carbonyl (C=O) groups excluding carboxylic acids is 1. The third kappa shape index (κ3) is 7.49. The van der Waals surface area contributed by atoms with Gasteiger partial charge in [0.05, 0.1) is 36.7 Å². The van der Waals surface area contributed by atoms with E-state index in [1.165, 1.54) is 31.7 Å². The van der Waals surface area contributed by atoms with Gasteiger partial charge in [-0.05, 0) is 74.4 Å².